The third kappa shape index (κ3) is 3.82. The topological polar surface area (TPSA) is 61.4 Å². The number of anilines is 3. The number of carbonyl (C=O) groups is 1. The lowest BCUT2D eigenvalue weighted by Gasteiger charge is -2.16. The molecule has 1 N–H and O–H groups in total. The van der Waals surface area contributed by atoms with E-state index in [2.05, 4.69) is 32.3 Å². The summed E-state index contributed by atoms with van der Waals surface area (Å²) in [7, 11) is 1.71. The van der Waals surface area contributed by atoms with Gasteiger partial charge >= 0.3 is 0 Å². The third-order valence-electron chi connectivity index (χ3n) is 4.30. The van der Waals surface area contributed by atoms with Crippen molar-refractivity contribution in [1.82, 2.24) is 9.97 Å². The zero-order valence-electron chi connectivity index (χ0n) is 14.2. The first-order valence-electron chi connectivity index (χ1n) is 8.27. The number of aromatic nitrogens is 2. The van der Waals surface area contributed by atoms with Crippen molar-refractivity contribution in [2.75, 3.05) is 35.3 Å². The Morgan fingerprint density at radius 1 is 1.17 bits per heavy atom. The minimum Gasteiger partial charge on any atom is -0.380 e. The summed E-state index contributed by atoms with van der Waals surface area (Å²) < 4.78 is 0. The summed E-state index contributed by atoms with van der Waals surface area (Å²) in [5, 5.41) is 3.33. The fraction of sp³-hybridized carbons (Fsp3) is 0.389. The van der Waals surface area contributed by atoms with Crippen LogP contribution in [0.1, 0.15) is 25.3 Å². The van der Waals surface area contributed by atoms with E-state index in [1.165, 1.54) is 24.7 Å². The van der Waals surface area contributed by atoms with Crippen LogP contribution in [0.25, 0.3) is 0 Å². The average molecular weight is 325 g/mol. The van der Waals surface area contributed by atoms with Gasteiger partial charge < -0.3 is 15.1 Å². The number of hydrogen-bond acceptors (Lipinski definition) is 5. The Hall–Kier alpha value is -2.63. The Morgan fingerprint density at radius 3 is 2.54 bits per heavy atom. The number of rotatable bonds is 5. The van der Waals surface area contributed by atoms with Crippen molar-refractivity contribution in [3.63, 3.8) is 0 Å². The molecule has 1 fully saturated rings. The fourth-order valence-corrected chi connectivity index (χ4v) is 2.71. The molecular formula is C18H23N5O. The minimum atomic E-state index is -0.0348. The van der Waals surface area contributed by atoms with Crippen LogP contribution < -0.4 is 15.1 Å². The van der Waals surface area contributed by atoms with Crippen LogP contribution in [0.4, 0.5) is 17.3 Å². The molecule has 3 heterocycles. The first-order chi connectivity index (χ1) is 11.6. The molecule has 6 heteroatoms. The number of pyridine rings is 2. The summed E-state index contributed by atoms with van der Waals surface area (Å²) in [6, 6.07) is 7.96. The number of nitrogens with zero attached hydrogens (tertiary/aromatic N) is 4. The van der Waals surface area contributed by atoms with E-state index >= 15 is 0 Å². The molecule has 0 spiro atoms. The van der Waals surface area contributed by atoms with E-state index in [9.17, 15) is 4.79 Å². The molecule has 1 saturated heterocycles. The Balaban J connectivity index is 1.56. The molecule has 126 valence electrons. The van der Waals surface area contributed by atoms with E-state index in [1.807, 2.05) is 18.3 Å². The quantitative estimate of drug-likeness (QED) is 0.916. The highest BCUT2D eigenvalue weighted by Gasteiger charge is 2.13. The molecule has 0 atom stereocenters. The molecule has 0 radical (unpaired) electrons. The number of nitrogens with one attached hydrogen (secondary N) is 1. The first-order valence-corrected chi connectivity index (χ1v) is 8.27. The Morgan fingerprint density at radius 2 is 1.96 bits per heavy atom. The molecular weight excluding hydrogens is 302 g/mol. The zero-order valence-corrected chi connectivity index (χ0v) is 14.2. The van der Waals surface area contributed by atoms with Crippen molar-refractivity contribution in [1.29, 1.82) is 0 Å². The average Bonchev–Trinajstić information content (AvgIpc) is 3.15. The van der Waals surface area contributed by atoms with Crippen molar-refractivity contribution < 1.29 is 4.79 Å². The van der Waals surface area contributed by atoms with E-state index in [0.717, 1.165) is 30.2 Å². The van der Waals surface area contributed by atoms with Crippen LogP contribution in [-0.4, -0.2) is 36.0 Å². The van der Waals surface area contributed by atoms with Crippen molar-refractivity contribution in [2.45, 2.75) is 26.3 Å². The molecule has 0 bridgehead atoms. The molecule has 6 nitrogen and oxygen atoms in total. The number of amides is 1. The molecule has 0 unspecified atom stereocenters. The van der Waals surface area contributed by atoms with Crippen molar-refractivity contribution in [3.05, 3.63) is 42.2 Å². The summed E-state index contributed by atoms with van der Waals surface area (Å²) in [5.41, 5.74) is 2.04. The summed E-state index contributed by atoms with van der Waals surface area (Å²) in [5.74, 6) is 1.67. The van der Waals surface area contributed by atoms with Gasteiger partial charge in [-0.1, -0.05) is 6.07 Å². The van der Waals surface area contributed by atoms with Gasteiger partial charge in [-0.15, -0.1) is 0 Å². The highest BCUT2D eigenvalue weighted by Crippen LogP contribution is 2.18. The lowest BCUT2D eigenvalue weighted by atomic mass is 10.2. The lowest BCUT2D eigenvalue weighted by molar-refractivity contribution is -0.116. The molecule has 1 aliphatic heterocycles. The van der Waals surface area contributed by atoms with Crippen LogP contribution in [0.3, 0.4) is 0 Å². The maximum Gasteiger partial charge on any atom is 0.224 e. The van der Waals surface area contributed by atoms with Gasteiger partial charge in [-0.25, -0.2) is 9.97 Å². The molecule has 1 amide bonds. The van der Waals surface area contributed by atoms with E-state index < -0.39 is 0 Å². The van der Waals surface area contributed by atoms with E-state index in [0.29, 0.717) is 12.4 Å². The maximum absolute atomic E-state index is 11.3. The summed E-state index contributed by atoms with van der Waals surface area (Å²) in [6.45, 7) is 4.43. The van der Waals surface area contributed by atoms with E-state index in [1.54, 1.807) is 13.2 Å². The number of hydrogen-bond donors (Lipinski definition) is 1. The van der Waals surface area contributed by atoms with Gasteiger partial charge in [0.05, 0.1) is 11.9 Å². The van der Waals surface area contributed by atoms with Gasteiger partial charge in [-0.3, -0.25) is 4.79 Å². The highest BCUT2D eigenvalue weighted by molar-refractivity contribution is 5.89. The number of carbonyl (C=O) groups excluding carboxylic acids is 1. The lowest BCUT2D eigenvalue weighted by Crippen LogP contribution is -2.23. The second-order valence-corrected chi connectivity index (χ2v) is 6.06. The standard InChI is InChI=1S/C18H23N5O/c1-14(24)22(2)17-8-6-16(13-21-17)19-11-15-5-7-18(20-12-15)23-9-3-4-10-23/h5-8,12-13,19H,3-4,9-11H2,1-2H3. The molecule has 2 aromatic heterocycles. The molecule has 0 saturated carbocycles. The largest absolute Gasteiger partial charge is 0.380 e. The molecule has 24 heavy (non-hydrogen) atoms. The predicted molar refractivity (Wildman–Crippen MR) is 96.3 cm³/mol. The van der Waals surface area contributed by atoms with Gasteiger partial charge in [-0.05, 0) is 36.6 Å². The fourth-order valence-electron chi connectivity index (χ4n) is 2.71. The van der Waals surface area contributed by atoms with Gasteiger partial charge in [0.2, 0.25) is 5.91 Å². The summed E-state index contributed by atoms with van der Waals surface area (Å²) in [4.78, 5) is 24.0. The van der Waals surface area contributed by atoms with Crippen molar-refractivity contribution >= 4 is 23.2 Å². The molecule has 0 aliphatic carbocycles. The molecule has 2 aromatic rings. The molecule has 0 aromatic carbocycles. The van der Waals surface area contributed by atoms with Crippen LogP contribution in [-0.2, 0) is 11.3 Å². The Kier molecular flexibility index (Phi) is 4.93. The normalized spacial score (nSPS) is 13.8. The third-order valence-corrected chi connectivity index (χ3v) is 4.30. The van der Waals surface area contributed by atoms with Gasteiger partial charge in [0, 0.05) is 39.8 Å². The minimum absolute atomic E-state index is 0.0348. The summed E-state index contributed by atoms with van der Waals surface area (Å²) in [6.07, 6.45) is 6.17. The monoisotopic (exact) mass is 325 g/mol. The molecule has 3 rings (SSSR count). The second-order valence-electron chi connectivity index (χ2n) is 6.06. The van der Waals surface area contributed by atoms with E-state index in [-0.39, 0.29) is 5.91 Å². The van der Waals surface area contributed by atoms with Crippen molar-refractivity contribution in [2.24, 2.45) is 0 Å². The van der Waals surface area contributed by atoms with Crippen LogP contribution in [0.5, 0.6) is 0 Å². The van der Waals surface area contributed by atoms with Gasteiger partial charge in [0.15, 0.2) is 0 Å². The van der Waals surface area contributed by atoms with Crippen LogP contribution in [0.2, 0.25) is 0 Å². The highest BCUT2D eigenvalue weighted by atomic mass is 16.2. The Bertz CT molecular complexity index is 678. The van der Waals surface area contributed by atoms with Gasteiger partial charge in [0.25, 0.3) is 0 Å². The van der Waals surface area contributed by atoms with Crippen molar-refractivity contribution in [3.8, 4) is 0 Å². The zero-order chi connectivity index (χ0) is 16.9. The van der Waals surface area contributed by atoms with E-state index in [4.69, 9.17) is 0 Å². The SMILES string of the molecule is CC(=O)N(C)c1ccc(NCc2ccc(N3CCCC3)nc2)cn1. The van der Waals surface area contributed by atoms with Gasteiger partial charge in [-0.2, -0.15) is 0 Å². The second kappa shape index (κ2) is 7.29. The van der Waals surface area contributed by atoms with Crippen LogP contribution in [0, 0.1) is 0 Å². The Labute approximate surface area is 142 Å². The maximum atomic E-state index is 11.3. The van der Waals surface area contributed by atoms with Crippen LogP contribution in [0.15, 0.2) is 36.7 Å². The van der Waals surface area contributed by atoms with Gasteiger partial charge in [0.1, 0.15) is 11.6 Å². The smallest absolute Gasteiger partial charge is 0.224 e. The first kappa shape index (κ1) is 16.2. The predicted octanol–water partition coefficient (Wildman–Crippen LogP) is 2.67. The molecule has 1 aliphatic rings. The summed E-state index contributed by atoms with van der Waals surface area (Å²) >= 11 is 0. The van der Waals surface area contributed by atoms with Crippen LogP contribution >= 0.6 is 0 Å².